The number of carbonyl (C=O) groups is 1. The van der Waals surface area contributed by atoms with E-state index in [1.54, 1.807) is 0 Å². The van der Waals surface area contributed by atoms with Crippen molar-refractivity contribution < 1.29 is 9.53 Å². The Balaban J connectivity index is 1.47. The Morgan fingerprint density at radius 2 is 1.88 bits per heavy atom. The van der Waals surface area contributed by atoms with E-state index in [4.69, 9.17) is 16.3 Å². The van der Waals surface area contributed by atoms with E-state index in [1.165, 1.54) is 11.3 Å². The van der Waals surface area contributed by atoms with Gasteiger partial charge in [0.15, 0.2) is 0 Å². The molecule has 2 aliphatic rings. The van der Waals surface area contributed by atoms with E-state index in [9.17, 15) is 4.79 Å². The fourth-order valence-electron chi connectivity index (χ4n) is 3.72. The van der Waals surface area contributed by atoms with Gasteiger partial charge in [0.1, 0.15) is 0 Å². The summed E-state index contributed by atoms with van der Waals surface area (Å²) >= 11 is 6.21. The molecule has 0 unspecified atom stereocenters. The maximum absolute atomic E-state index is 12.8. The molecule has 0 atom stereocenters. The van der Waals surface area contributed by atoms with Gasteiger partial charge in [-0.25, -0.2) is 0 Å². The summed E-state index contributed by atoms with van der Waals surface area (Å²) in [5.74, 6) is 0.169. The number of halogens is 1. The molecular formula is C21H23ClN2O2. The predicted octanol–water partition coefficient (Wildman–Crippen LogP) is 3.70. The number of rotatable bonds is 4. The first kappa shape index (κ1) is 17.4. The molecule has 136 valence electrons. The molecule has 1 saturated heterocycles. The van der Waals surface area contributed by atoms with Gasteiger partial charge < -0.3 is 14.5 Å². The van der Waals surface area contributed by atoms with Crippen LogP contribution in [0.3, 0.4) is 0 Å². The highest BCUT2D eigenvalue weighted by atomic mass is 35.5. The van der Waals surface area contributed by atoms with Crippen molar-refractivity contribution in [1.82, 2.24) is 0 Å². The number of aryl methyl sites for hydroxylation is 1. The summed E-state index contributed by atoms with van der Waals surface area (Å²) in [5.41, 5.74) is 4.54. The van der Waals surface area contributed by atoms with E-state index in [1.807, 2.05) is 29.2 Å². The second-order valence-electron chi connectivity index (χ2n) is 6.80. The largest absolute Gasteiger partial charge is 0.378 e. The Bertz CT molecular complexity index is 802. The van der Waals surface area contributed by atoms with Crippen LogP contribution in [0.5, 0.6) is 0 Å². The first-order valence-corrected chi connectivity index (χ1v) is 9.59. The Morgan fingerprint density at radius 1 is 1.08 bits per heavy atom. The van der Waals surface area contributed by atoms with Crippen LogP contribution in [0.15, 0.2) is 42.5 Å². The van der Waals surface area contributed by atoms with E-state index >= 15 is 0 Å². The van der Waals surface area contributed by atoms with E-state index in [0.29, 0.717) is 12.8 Å². The quantitative estimate of drug-likeness (QED) is 0.822. The van der Waals surface area contributed by atoms with Crippen LogP contribution in [0.1, 0.15) is 17.5 Å². The summed E-state index contributed by atoms with van der Waals surface area (Å²) in [6, 6.07) is 14.2. The number of hydrogen-bond acceptors (Lipinski definition) is 3. The molecule has 2 aromatic rings. The Hall–Kier alpha value is -2.04. The van der Waals surface area contributed by atoms with E-state index in [0.717, 1.165) is 55.5 Å². The zero-order valence-corrected chi connectivity index (χ0v) is 15.5. The summed E-state index contributed by atoms with van der Waals surface area (Å²) in [4.78, 5) is 17.1. The third-order valence-electron chi connectivity index (χ3n) is 5.21. The molecule has 26 heavy (non-hydrogen) atoms. The second kappa shape index (κ2) is 7.68. The van der Waals surface area contributed by atoms with Crippen LogP contribution in [0.4, 0.5) is 11.4 Å². The summed E-state index contributed by atoms with van der Waals surface area (Å²) < 4.78 is 5.44. The molecule has 0 aliphatic carbocycles. The number of benzene rings is 2. The van der Waals surface area contributed by atoms with Gasteiger partial charge in [-0.2, -0.15) is 0 Å². The first-order chi connectivity index (χ1) is 12.7. The molecule has 0 saturated carbocycles. The molecule has 0 bridgehead atoms. The van der Waals surface area contributed by atoms with Gasteiger partial charge in [0, 0.05) is 42.5 Å². The highest BCUT2D eigenvalue weighted by molar-refractivity contribution is 6.31. The average Bonchev–Trinajstić information content (AvgIpc) is 3.11. The SMILES string of the molecule is O=C(CCc1ccccc1Cl)N1CCc2ccc(N3CCOCC3)cc21. The van der Waals surface area contributed by atoms with Gasteiger partial charge in [-0.05, 0) is 42.2 Å². The van der Waals surface area contributed by atoms with Crippen LogP contribution in [-0.4, -0.2) is 38.8 Å². The Kier molecular flexibility index (Phi) is 5.14. The summed E-state index contributed by atoms with van der Waals surface area (Å²) in [6.45, 7) is 4.09. The molecular weight excluding hydrogens is 348 g/mol. The van der Waals surface area contributed by atoms with Crippen molar-refractivity contribution in [3.63, 3.8) is 0 Å². The van der Waals surface area contributed by atoms with Crippen molar-refractivity contribution in [2.75, 3.05) is 42.6 Å². The van der Waals surface area contributed by atoms with Crippen LogP contribution in [0, 0.1) is 0 Å². The van der Waals surface area contributed by atoms with Gasteiger partial charge in [-0.15, -0.1) is 0 Å². The van der Waals surface area contributed by atoms with Crippen molar-refractivity contribution in [2.45, 2.75) is 19.3 Å². The fraction of sp³-hybridized carbons (Fsp3) is 0.381. The minimum Gasteiger partial charge on any atom is -0.378 e. The monoisotopic (exact) mass is 370 g/mol. The fourth-order valence-corrected chi connectivity index (χ4v) is 3.95. The van der Waals surface area contributed by atoms with Crippen LogP contribution in [-0.2, 0) is 22.4 Å². The van der Waals surface area contributed by atoms with Crippen molar-refractivity contribution >= 4 is 28.9 Å². The van der Waals surface area contributed by atoms with Gasteiger partial charge in [0.05, 0.1) is 13.2 Å². The maximum atomic E-state index is 12.8. The van der Waals surface area contributed by atoms with Crippen LogP contribution in [0.2, 0.25) is 5.02 Å². The summed E-state index contributed by atoms with van der Waals surface area (Å²) in [6.07, 6.45) is 2.08. The van der Waals surface area contributed by atoms with Gasteiger partial charge >= 0.3 is 0 Å². The number of hydrogen-bond donors (Lipinski definition) is 0. The minimum absolute atomic E-state index is 0.169. The second-order valence-corrected chi connectivity index (χ2v) is 7.21. The Morgan fingerprint density at radius 3 is 2.69 bits per heavy atom. The topological polar surface area (TPSA) is 32.8 Å². The summed E-state index contributed by atoms with van der Waals surface area (Å²) in [7, 11) is 0. The smallest absolute Gasteiger partial charge is 0.227 e. The van der Waals surface area contributed by atoms with Crippen molar-refractivity contribution in [3.05, 3.63) is 58.6 Å². The molecule has 4 nitrogen and oxygen atoms in total. The number of nitrogens with zero attached hydrogens (tertiary/aromatic N) is 2. The van der Waals surface area contributed by atoms with Crippen LogP contribution >= 0.6 is 11.6 Å². The predicted molar refractivity (Wildman–Crippen MR) is 105 cm³/mol. The molecule has 2 aromatic carbocycles. The normalized spacial score (nSPS) is 16.7. The molecule has 2 heterocycles. The van der Waals surface area contributed by atoms with Crippen molar-refractivity contribution in [3.8, 4) is 0 Å². The number of fused-ring (bicyclic) bond motifs is 1. The molecule has 1 fully saturated rings. The lowest BCUT2D eigenvalue weighted by Crippen LogP contribution is -2.36. The zero-order chi connectivity index (χ0) is 17.9. The van der Waals surface area contributed by atoms with E-state index < -0.39 is 0 Å². The zero-order valence-electron chi connectivity index (χ0n) is 14.8. The first-order valence-electron chi connectivity index (χ1n) is 9.22. The Labute approximate surface area is 159 Å². The van der Waals surface area contributed by atoms with Gasteiger partial charge in [-0.1, -0.05) is 35.9 Å². The molecule has 4 rings (SSSR count). The lowest BCUT2D eigenvalue weighted by atomic mass is 10.1. The van der Waals surface area contributed by atoms with Gasteiger partial charge in [-0.3, -0.25) is 4.79 Å². The number of carbonyl (C=O) groups excluding carboxylic acids is 1. The van der Waals surface area contributed by atoms with E-state index in [2.05, 4.69) is 23.1 Å². The standard InChI is InChI=1S/C21H23ClN2O2/c22-19-4-2-1-3-16(19)6-8-21(25)24-10-9-17-5-7-18(15-20(17)24)23-11-13-26-14-12-23/h1-5,7,15H,6,8-14H2. The van der Waals surface area contributed by atoms with E-state index in [-0.39, 0.29) is 5.91 Å². The molecule has 2 aliphatic heterocycles. The lowest BCUT2D eigenvalue weighted by Gasteiger charge is -2.29. The van der Waals surface area contributed by atoms with Crippen molar-refractivity contribution in [2.24, 2.45) is 0 Å². The number of anilines is 2. The summed E-state index contributed by atoms with van der Waals surface area (Å²) in [5, 5.41) is 0.733. The van der Waals surface area contributed by atoms with Crippen LogP contribution < -0.4 is 9.80 Å². The minimum atomic E-state index is 0.169. The molecule has 0 N–H and O–H groups in total. The molecule has 5 heteroatoms. The maximum Gasteiger partial charge on any atom is 0.227 e. The average molecular weight is 371 g/mol. The van der Waals surface area contributed by atoms with Gasteiger partial charge in [0.2, 0.25) is 5.91 Å². The molecule has 0 spiro atoms. The third kappa shape index (κ3) is 3.57. The highest BCUT2D eigenvalue weighted by Gasteiger charge is 2.25. The molecule has 0 aromatic heterocycles. The molecule has 0 radical (unpaired) electrons. The number of ether oxygens (including phenoxy) is 1. The van der Waals surface area contributed by atoms with Crippen LogP contribution in [0.25, 0.3) is 0 Å². The lowest BCUT2D eigenvalue weighted by molar-refractivity contribution is -0.118. The number of amides is 1. The van der Waals surface area contributed by atoms with Gasteiger partial charge in [0.25, 0.3) is 0 Å². The number of morpholine rings is 1. The highest BCUT2D eigenvalue weighted by Crippen LogP contribution is 2.33. The molecule has 1 amide bonds. The van der Waals surface area contributed by atoms with Crippen molar-refractivity contribution in [1.29, 1.82) is 0 Å². The third-order valence-corrected chi connectivity index (χ3v) is 5.58.